The molecule has 0 aromatic heterocycles. The fraction of sp³-hybridized carbons (Fsp3) is 0.600. The Bertz CT molecular complexity index is 235. The van der Waals surface area contributed by atoms with E-state index in [1.165, 1.54) is 0 Å². The molecule has 0 aromatic rings. The van der Waals surface area contributed by atoms with E-state index in [4.69, 9.17) is 16.6 Å². The zero-order valence-corrected chi connectivity index (χ0v) is 8.03. The van der Waals surface area contributed by atoms with E-state index in [1.807, 2.05) is 18.2 Å². The van der Waals surface area contributed by atoms with Crippen LogP contribution in [0.1, 0.15) is 19.8 Å². The van der Waals surface area contributed by atoms with Crippen LogP contribution in [-0.4, -0.2) is 17.8 Å². The predicted molar refractivity (Wildman–Crippen MR) is 53.8 cm³/mol. The van der Waals surface area contributed by atoms with E-state index in [-0.39, 0.29) is 18.1 Å². The van der Waals surface area contributed by atoms with Crippen LogP contribution in [0.5, 0.6) is 0 Å². The Hall–Kier alpha value is -0.800. The molecule has 3 nitrogen and oxygen atoms in total. The second-order valence-electron chi connectivity index (χ2n) is 3.59. The third-order valence-corrected chi connectivity index (χ3v) is 2.88. The maximum absolute atomic E-state index is 8.96. The topological polar surface area (TPSA) is 72.3 Å². The van der Waals surface area contributed by atoms with Gasteiger partial charge in [-0.25, -0.2) is 0 Å². The van der Waals surface area contributed by atoms with Crippen molar-refractivity contribution in [1.82, 2.24) is 0 Å². The summed E-state index contributed by atoms with van der Waals surface area (Å²) in [7, 11) is 0. The van der Waals surface area contributed by atoms with E-state index in [1.54, 1.807) is 0 Å². The monoisotopic (exact) mass is 182 g/mol. The summed E-state index contributed by atoms with van der Waals surface area (Å²) in [5.41, 5.74) is 12.2. The molecule has 0 bridgehead atoms. The van der Waals surface area contributed by atoms with Crippen molar-refractivity contribution < 1.29 is 5.11 Å². The lowest BCUT2D eigenvalue weighted by molar-refractivity contribution is 0.200. The van der Waals surface area contributed by atoms with Gasteiger partial charge in [-0.1, -0.05) is 13.0 Å². The highest BCUT2D eigenvalue weighted by Crippen LogP contribution is 2.34. The first-order chi connectivity index (χ1) is 6.14. The van der Waals surface area contributed by atoms with Gasteiger partial charge in [0.1, 0.15) is 0 Å². The highest BCUT2D eigenvalue weighted by molar-refractivity contribution is 5.28. The van der Waals surface area contributed by atoms with Gasteiger partial charge in [-0.15, -0.1) is 0 Å². The smallest absolute Gasteiger partial charge is 0.0440 e. The van der Waals surface area contributed by atoms with Gasteiger partial charge in [-0.2, -0.15) is 0 Å². The van der Waals surface area contributed by atoms with Gasteiger partial charge in [0, 0.05) is 23.8 Å². The van der Waals surface area contributed by atoms with E-state index in [2.05, 4.69) is 6.92 Å². The van der Waals surface area contributed by atoms with Crippen LogP contribution >= 0.6 is 0 Å². The van der Waals surface area contributed by atoms with Gasteiger partial charge in [0.2, 0.25) is 0 Å². The molecular formula is C10H18N2O. The minimum Gasteiger partial charge on any atom is -0.399 e. The summed E-state index contributed by atoms with van der Waals surface area (Å²) >= 11 is 0. The molecule has 1 aliphatic carbocycles. The molecule has 0 fully saturated rings. The van der Waals surface area contributed by atoms with Crippen LogP contribution < -0.4 is 11.5 Å². The summed E-state index contributed by atoms with van der Waals surface area (Å²) in [5, 5.41) is 8.96. The standard InChI is InChI=1S/C10H18N2O/c1-2-10(5-6-13)4-3-8(11)7-9(10)12/h3-4,7,9,13H,2,5-6,11-12H2,1H3. The Kier molecular flexibility index (Phi) is 3.12. The fourth-order valence-corrected chi connectivity index (χ4v) is 1.79. The molecule has 2 unspecified atom stereocenters. The Labute approximate surface area is 79.1 Å². The minimum atomic E-state index is -0.0996. The lowest BCUT2D eigenvalue weighted by Gasteiger charge is -2.36. The van der Waals surface area contributed by atoms with Crippen molar-refractivity contribution in [3.8, 4) is 0 Å². The number of aliphatic hydroxyl groups excluding tert-OH is 1. The maximum Gasteiger partial charge on any atom is 0.0440 e. The van der Waals surface area contributed by atoms with Crippen LogP contribution in [0.25, 0.3) is 0 Å². The van der Waals surface area contributed by atoms with E-state index in [0.29, 0.717) is 6.42 Å². The van der Waals surface area contributed by atoms with Crippen molar-refractivity contribution in [2.45, 2.75) is 25.8 Å². The molecule has 0 saturated heterocycles. The molecule has 1 rings (SSSR count). The normalized spacial score (nSPS) is 33.2. The average molecular weight is 182 g/mol. The number of rotatable bonds is 3. The van der Waals surface area contributed by atoms with E-state index in [9.17, 15) is 0 Å². The van der Waals surface area contributed by atoms with Crippen molar-refractivity contribution >= 4 is 0 Å². The van der Waals surface area contributed by atoms with E-state index >= 15 is 0 Å². The number of aliphatic hydroxyl groups is 1. The number of allylic oxidation sites excluding steroid dienone is 1. The largest absolute Gasteiger partial charge is 0.399 e. The summed E-state index contributed by atoms with van der Waals surface area (Å²) in [6.45, 7) is 2.24. The molecule has 2 atom stereocenters. The van der Waals surface area contributed by atoms with Gasteiger partial charge in [0.05, 0.1) is 0 Å². The predicted octanol–water partition coefficient (Wildman–Crippen LogP) is 0.505. The van der Waals surface area contributed by atoms with Crippen LogP contribution in [-0.2, 0) is 0 Å². The summed E-state index contributed by atoms with van der Waals surface area (Å²) in [4.78, 5) is 0. The molecule has 0 heterocycles. The lowest BCUT2D eigenvalue weighted by atomic mass is 9.73. The van der Waals surface area contributed by atoms with Crippen molar-refractivity contribution in [2.75, 3.05) is 6.61 Å². The number of hydrogen-bond acceptors (Lipinski definition) is 3. The quantitative estimate of drug-likeness (QED) is 0.595. The van der Waals surface area contributed by atoms with Crippen molar-refractivity contribution in [3.63, 3.8) is 0 Å². The van der Waals surface area contributed by atoms with E-state index in [0.717, 1.165) is 12.1 Å². The van der Waals surface area contributed by atoms with Crippen LogP contribution in [0.2, 0.25) is 0 Å². The first-order valence-electron chi connectivity index (χ1n) is 4.67. The summed E-state index contributed by atoms with van der Waals surface area (Å²) < 4.78 is 0. The Morgan fingerprint density at radius 2 is 2.31 bits per heavy atom. The average Bonchev–Trinajstić information content (AvgIpc) is 2.11. The van der Waals surface area contributed by atoms with Gasteiger partial charge in [0.25, 0.3) is 0 Å². The van der Waals surface area contributed by atoms with Gasteiger partial charge < -0.3 is 16.6 Å². The molecule has 5 N–H and O–H groups in total. The third kappa shape index (κ3) is 1.92. The second-order valence-corrected chi connectivity index (χ2v) is 3.59. The van der Waals surface area contributed by atoms with Crippen LogP contribution in [0.4, 0.5) is 0 Å². The molecule has 3 heteroatoms. The summed E-state index contributed by atoms with van der Waals surface area (Å²) in [6, 6.07) is -0.0744. The zero-order chi connectivity index (χ0) is 9.90. The molecular weight excluding hydrogens is 164 g/mol. The summed E-state index contributed by atoms with van der Waals surface area (Å²) in [5.74, 6) is 0. The maximum atomic E-state index is 8.96. The Morgan fingerprint density at radius 3 is 2.77 bits per heavy atom. The first-order valence-corrected chi connectivity index (χ1v) is 4.67. The second kappa shape index (κ2) is 3.94. The third-order valence-electron chi connectivity index (χ3n) is 2.88. The van der Waals surface area contributed by atoms with Gasteiger partial charge >= 0.3 is 0 Å². The highest BCUT2D eigenvalue weighted by Gasteiger charge is 2.32. The first kappa shape index (κ1) is 10.3. The molecule has 0 aliphatic heterocycles. The molecule has 0 spiro atoms. The van der Waals surface area contributed by atoms with Crippen molar-refractivity contribution in [3.05, 3.63) is 23.9 Å². The van der Waals surface area contributed by atoms with Crippen LogP contribution in [0.3, 0.4) is 0 Å². The minimum absolute atomic E-state index is 0.0744. The van der Waals surface area contributed by atoms with Gasteiger partial charge in [0.15, 0.2) is 0 Å². The zero-order valence-electron chi connectivity index (χ0n) is 8.03. The molecule has 13 heavy (non-hydrogen) atoms. The molecule has 74 valence electrons. The van der Waals surface area contributed by atoms with Crippen molar-refractivity contribution in [2.24, 2.45) is 16.9 Å². The van der Waals surface area contributed by atoms with Crippen molar-refractivity contribution in [1.29, 1.82) is 0 Å². The number of nitrogens with two attached hydrogens (primary N) is 2. The SMILES string of the molecule is CCC1(CCO)C=CC(N)=CC1N. The Morgan fingerprint density at radius 1 is 1.62 bits per heavy atom. The van der Waals surface area contributed by atoms with Gasteiger partial charge in [-0.3, -0.25) is 0 Å². The summed E-state index contributed by atoms with van der Waals surface area (Å²) in [6.07, 6.45) is 7.39. The molecule has 1 aliphatic rings. The highest BCUT2D eigenvalue weighted by atomic mass is 16.3. The van der Waals surface area contributed by atoms with Gasteiger partial charge in [-0.05, 0) is 25.0 Å². The number of hydrogen-bond donors (Lipinski definition) is 3. The van der Waals surface area contributed by atoms with Crippen LogP contribution in [0.15, 0.2) is 23.9 Å². The Balaban J connectivity index is 2.84. The lowest BCUT2D eigenvalue weighted by Crippen LogP contribution is -2.41. The fourth-order valence-electron chi connectivity index (χ4n) is 1.79. The molecule has 0 amide bonds. The molecule has 0 radical (unpaired) electrons. The van der Waals surface area contributed by atoms with E-state index < -0.39 is 0 Å². The molecule has 0 saturated carbocycles. The molecule has 0 aromatic carbocycles. The van der Waals surface area contributed by atoms with Crippen LogP contribution in [0, 0.1) is 5.41 Å².